The third kappa shape index (κ3) is 2.84. The molecule has 1 rings (SSSR count). The maximum atomic E-state index is 5.77. The summed E-state index contributed by atoms with van der Waals surface area (Å²) in [6, 6.07) is 6.18. The highest BCUT2D eigenvalue weighted by atomic mass is 32.2. The van der Waals surface area contributed by atoms with Crippen molar-refractivity contribution in [1.82, 2.24) is 0 Å². The summed E-state index contributed by atoms with van der Waals surface area (Å²) in [5, 5.41) is 0. The molecule has 1 aromatic carbocycles. The van der Waals surface area contributed by atoms with Gasteiger partial charge in [0.1, 0.15) is 0 Å². The molecule has 1 aromatic rings. The minimum absolute atomic E-state index is 0.868. The van der Waals surface area contributed by atoms with Crippen LogP contribution in [0.2, 0.25) is 0 Å². The Balaban J connectivity index is 2.70. The van der Waals surface area contributed by atoms with Gasteiger partial charge in [-0.25, -0.2) is 0 Å². The van der Waals surface area contributed by atoms with Crippen LogP contribution in [0.3, 0.4) is 0 Å². The third-order valence-electron chi connectivity index (χ3n) is 2.32. The minimum atomic E-state index is 0.868. The largest absolute Gasteiger partial charge is 0.399 e. The van der Waals surface area contributed by atoms with Gasteiger partial charge in [-0.05, 0) is 36.9 Å². The molecule has 0 bridgehead atoms. The first-order valence-electron chi connectivity index (χ1n) is 4.71. The maximum absolute atomic E-state index is 5.77. The third-order valence-corrected chi connectivity index (χ3v) is 2.92. The van der Waals surface area contributed by atoms with Gasteiger partial charge in [-0.1, -0.05) is 0 Å². The summed E-state index contributed by atoms with van der Waals surface area (Å²) in [5.74, 6) is 1.15. The van der Waals surface area contributed by atoms with Crippen molar-refractivity contribution in [3.63, 3.8) is 0 Å². The van der Waals surface area contributed by atoms with E-state index in [1.54, 1.807) is 0 Å². The van der Waals surface area contributed by atoms with Crippen LogP contribution < -0.4 is 10.6 Å². The summed E-state index contributed by atoms with van der Waals surface area (Å²) in [5.41, 5.74) is 9.03. The topological polar surface area (TPSA) is 29.3 Å². The number of nitrogens with zero attached hydrogens (tertiary/aromatic N) is 1. The standard InChI is InChI=1S/C11H18N2S/c1-9-8-10(4-5-11(9)12)13(2)6-7-14-3/h4-5,8H,6-7,12H2,1-3H3. The summed E-state index contributed by atoms with van der Waals surface area (Å²) >= 11 is 1.87. The van der Waals surface area contributed by atoms with Crippen molar-refractivity contribution < 1.29 is 0 Å². The molecule has 0 aliphatic rings. The van der Waals surface area contributed by atoms with Gasteiger partial charge in [-0.15, -0.1) is 0 Å². The molecule has 0 spiro atoms. The van der Waals surface area contributed by atoms with Crippen molar-refractivity contribution in [1.29, 1.82) is 0 Å². The lowest BCUT2D eigenvalue weighted by Crippen LogP contribution is -2.20. The van der Waals surface area contributed by atoms with Crippen molar-refractivity contribution in [3.05, 3.63) is 23.8 Å². The fraction of sp³-hybridized carbons (Fsp3) is 0.455. The number of aryl methyl sites for hydroxylation is 1. The number of rotatable bonds is 4. The minimum Gasteiger partial charge on any atom is -0.399 e. The Morgan fingerprint density at radius 3 is 2.71 bits per heavy atom. The summed E-state index contributed by atoms with van der Waals surface area (Å²) in [7, 11) is 2.11. The normalized spacial score (nSPS) is 10.2. The van der Waals surface area contributed by atoms with Crippen molar-refractivity contribution in [2.45, 2.75) is 6.92 Å². The van der Waals surface area contributed by atoms with E-state index in [-0.39, 0.29) is 0 Å². The highest BCUT2D eigenvalue weighted by Crippen LogP contribution is 2.19. The second kappa shape index (κ2) is 5.15. The van der Waals surface area contributed by atoms with Gasteiger partial charge in [-0.3, -0.25) is 0 Å². The van der Waals surface area contributed by atoms with Crippen molar-refractivity contribution in [2.75, 3.05) is 36.2 Å². The van der Waals surface area contributed by atoms with Crippen LogP contribution >= 0.6 is 11.8 Å². The van der Waals surface area contributed by atoms with E-state index in [4.69, 9.17) is 5.73 Å². The van der Waals surface area contributed by atoms with Gasteiger partial charge in [0.15, 0.2) is 0 Å². The Hall–Kier alpha value is -0.830. The molecule has 0 atom stereocenters. The van der Waals surface area contributed by atoms with E-state index < -0.39 is 0 Å². The summed E-state index contributed by atoms with van der Waals surface area (Å²) in [6.07, 6.45) is 2.13. The molecule has 0 aliphatic carbocycles. The summed E-state index contributed by atoms with van der Waals surface area (Å²) in [4.78, 5) is 2.25. The average molecular weight is 210 g/mol. The molecule has 0 amide bonds. The van der Waals surface area contributed by atoms with Crippen LogP contribution in [0.1, 0.15) is 5.56 Å². The van der Waals surface area contributed by atoms with Gasteiger partial charge in [0, 0.05) is 30.7 Å². The molecule has 0 unspecified atom stereocenters. The number of hydrogen-bond donors (Lipinski definition) is 1. The number of nitrogens with two attached hydrogens (primary N) is 1. The lowest BCUT2D eigenvalue weighted by Gasteiger charge is -2.19. The smallest absolute Gasteiger partial charge is 0.0368 e. The number of anilines is 2. The molecular formula is C11H18N2S. The molecule has 2 nitrogen and oxygen atoms in total. The predicted octanol–water partition coefficient (Wildman–Crippen LogP) is 2.38. The van der Waals surface area contributed by atoms with Crippen LogP contribution in [0.4, 0.5) is 11.4 Å². The lowest BCUT2D eigenvalue weighted by atomic mass is 10.2. The van der Waals surface area contributed by atoms with Crippen LogP contribution in [0.25, 0.3) is 0 Å². The zero-order valence-electron chi connectivity index (χ0n) is 9.08. The monoisotopic (exact) mass is 210 g/mol. The highest BCUT2D eigenvalue weighted by molar-refractivity contribution is 7.98. The molecule has 0 saturated carbocycles. The summed E-state index contributed by atoms with van der Waals surface area (Å²) in [6.45, 7) is 3.12. The Kier molecular flexibility index (Phi) is 4.14. The van der Waals surface area contributed by atoms with Crippen LogP contribution in [-0.4, -0.2) is 25.6 Å². The van der Waals surface area contributed by atoms with E-state index in [1.807, 2.05) is 24.8 Å². The van der Waals surface area contributed by atoms with Gasteiger partial charge in [-0.2, -0.15) is 11.8 Å². The first kappa shape index (κ1) is 11.2. The van der Waals surface area contributed by atoms with Crippen LogP contribution in [-0.2, 0) is 0 Å². The molecular weight excluding hydrogens is 192 g/mol. The van der Waals surface area contributed by atoms with Crippen molar-refractivity contribution >= 4 is 23.1 Å². The van der Waals surface area contributed by atoms with Gasteiger partial charge >= 0.3 is 0 Å². The lowest BCUT2D eigenvalue weighted by molar-refractivity contribution is 0.977. The first-order chi connectivity index (χ1) is 6.65. The Morgan fingerprint density at radius 2 is 2.14 bits per heavy atom. The Labute approximate surface area is 90.5 Å². The second-order valence-corrected chi connectivity index (χ2v) is 4.44. The number of nitrogen functional groups attached to an aromatic ring is 1. The van der Waals surface area contributed by atoms with E-state index in [9.17, 15) is 0 Å². The zero-order chi connectivity index (χ0) is 10.6. The van der Waals surface area contributed by atoms with Crippen molar-refractivity contribution in [3.8, 4) is 0 Å². The van der Waals surface area contributed by atoms with E-state index in [0.717, 1.165) is 23.5 Å². The molecule has 0 aromatic heterocycles. The van der Waals surface area contributed by atoms with Crippen molar-refractivity contribution in [2.24, 2.45) is 0 Å². The van der Waals surface area contributed by atoms with Crippen LogP contribution in [0, 0.1) is 6.92 Å². The van der Waals surface area contributed by atoms with E-state index in [2.05, 4.69) is 30.3 Å². The maximum Gasteiger partial charge on any atom is 0.0368 e. The molecule has 78 valence electrons. The molecule has 3 heteroatoms. The number of benzene rings is 1. The Bertz CT molecular complexity index is 299. The molecule has 0 heterocycles. The van der Waals surface area contributed by atoms with Gasteiger partial charge in [0.25, 0.3) is 0 Å². The van der Waals surface area contributed by atoms with Gasteiger partial charge < -0.3 is 10.6 Å². The van der Waals surface area contributed by atoms with E-state index in [1.165, 1.54) is 5.69 Å². The average Bonchev–Trinajstić information content (AvgIpc) is 2.18. The quantitative estimate of drug-likeness (QED) is 0.774. The SMILES string of the molecule is CSCCN(C)c1ccc(N)c(C)c1. The molecule has 0 radical (unpaired) electrons. The fourth-order valence-electron chi connectivity index (χ4n) is 1.25. The molecule has 2 N–H and O–H groups in total. The van der Waals surface area contributed by atoms with E-state index >= 15 is 0 Å². The molecule has 0 fully saturated rings. The summed E-state index contributed by atoms with van der Waals surface area (Å²) < 4.78 is 0. The molecule has 0 saturated heterocycles. The molecule has 14 heavy (non-hydrogen) atoms. The van der Waals surface area contributed by atoms with E-state index in [0.29, 0.717) is 0 Å². The Morgan fingerprint density at radius 1 is 1.43 bits per heavy atom. The second-order valence-electron chi connectivity index (χ2n) is 3.46. The number of thioether (sulfide) groups is 1. The zero-order valence-corrected chi connectivity index (χ0v) is 9.90. The van der Waals surface area contributed by atoms with Crippen LogP contribution in [0.5, 0.6) is 0 Å². The highest BCUT2D eigenvalue weighted by Gasteiger charge is 2.01. The van der Waals surface area contributed by atoms with Gasteiger partial charge in [0.05, 0.1) is 0 Å². The van der Waals surface area contributed by atoms with Gasteiger partial charge in [0.2, 0.25) is 0 Å². The number of hydrogen-bond acceptors (Lipinski definition) is 3. The first-order valence-corrected chi connectivity index (χ1v) is 6.10. The van der Waals surface area contributed by atoms with Crippen LogP contribution in [0.15, 0.2) is 18.2 Å². The fourth-order valence-corrected chi connectivity index (χ4v) is 1.71. The predicted molar refractivity (Wildman–Crippen MR) is 67.2 cm³/mol. The molecule has 0 aliphatic heterocycles.